The summed E-state index contributed by atoms with van der Waals surface area (Å²) in [7, 11) is 0. The number of carbonyl (C=O) groups excluding carboxylic acids is 1. The van der Waals surface area contributed by atoms with Crippen LogP contribution in [0.3, 0.4) is 0 Å². The maximum absolute atomic E-state index is 12.4. The lowest BCUT2D eigenvalue weighted by atomic mass is 10.1. The molecule has 2 aromatic heterocycles. The molecule has 0 aliphatic heterocycles. The van der Waals surface area contributed by atoms with Gasteiger partial charge in [0.05, 0.1) is 11.3 Å². The molecule has 7 heteroatoms. The molecule has 2 N–H and O–H groups in total. The standard InChI is InChI=1S/C19H12ClN3O2S/c20-15-4-2-1-3-13(15)16-10-26-19-22-18(25)14(17(21)23(16)19)9-11-5-7-12(24)8-6-11/h1-10H,21H2. The third-order valence-corrected chi connectivity index (χ3v) is 5.15. The molecule has 0 fully saturated rings. The summed E-state index contributed by atoms with van der Waals surface area (Å²) >= 11 is 7.64. The van der Waals surface area contributed by atoms with E-state index in [1.165, 1.54) is 23.5 Å². The van der Waals surface area contributed by atoms with Gasteiger partial charge in [-0.3, -0.25) is 14.0 Å². The quantitative estimate of drug-likeness (QED) is 0.733. The Morgan fingerprint density at radius 1 is 1.12 bits per heavy atom. The van der Waals surface area contributed by atoms with Crippen molar-refractivity contribution in [2.75, 3.05) is 5.73 Å². The Kier molecular flexibility index (Phi) is 4.06. The van der Waals surface area contributed by atoms with E-state index >= 15 is 0 Å². The molecule has 3 aromatic rings. The van der Waals surface area contributed by atoms with Gasteiger partial charge in [-0.1, -0.05) is 42.0 Å². The molecule has 0 radical (unpaired) electrons. The highest BCUT2D eigenvalue weighted by Crippen LogP contribution is 2.32. The Morgan fingerprint density at radius 3 is 2.58 bits per heavy atom. The average Bonchev–Trinajstić information content (AvgIpc) is 3.04. The zero-order chi connectivity index (χ0) is 18.3. The van der Waals surface area contributed by atoms with Gasteiger partial charge in [0.1, 0.15) is 5.82 Å². The number of nitrogens with zero attached hydrogens (tertiary/aromatic N) is 2. The topological polar surface area (TPSA) is 77.5 Å². The Balaban J connectivity index is 1.95. The van der Waals surface area contributed by atoms with Crippen LogP contribution >= 0.6 is 22.9 Å². The van der Waals surface area contributed by atoms with Crippen LogP contribution in [0.25, 0.3) is 22.3 Å². The number of anilines is 1. The van der Waals surface area contributed by atoms with E-state index in [1.807, 2.05) is 23.6 Å². The van der Waals surface area contributed by atoms with Gasteiger partial charge in [-0.05, 0) is 29.9 Å². The maximum atomic E-state index is 12.4. The van der Waals surface area contributed by atoms with Crippen LogP contribution in [-0.4, -0.2) is 15.2 Å². The highest BCUT2D eigenvalue weighted by atomic mass is 35.5. The molecule has 0 saturated carbocycles. The number of carbonyl (C=O) groups is 1. The van der Waals surface area contributed by atoms with Gasteiger partial charge in [-0.2, -0.15) is 4.98 Å². The third-order valence-electron chi connectivity index (χ3n) is 3.99. The molecule has 0 amide bonds. The van der Waals surface area contributed by atoms with E-state index in [2.05, 4.69) is 4.98 Å². The summed E-state index contributed by atoms with van der Waals surface area (Å²) in [5.41, 5.74) is 8.45. The van der Waals surface area contributed by atoms with E-state index in [1.54, 1.807) is 28.7 Å². The lowest BCUT2D eigenvalue weighted by molar-refractivity contribution is -0.110. The SMILES string of the molecule is Nc1c(C=C2C=CC(=O)C=C2)c(=O)nc2scc(-c3ccccc3Cl)n12. The van der Waals surface area contributed by atoms with Crippen LogP contribution in [0.2, 0.25) is 5.02 Å². The number of fused-ring (bicyclic) bond motifs is 1. The lowest BCUT2D eigenvalue weighted by Crippen LogP contribution is -2.16. The minimum Gasteiger partial charge on any atom is -0.384 e. The largest absolute Gasteiger partial charge is 0.384 e. The molecule has 0 unspecified atom stereocenters. The van der Waals surface area contributed by atoms with Crippen LogP contribution < -0.4 is 11.3 Å². The van der Waals surface area contributed by atoms with E-state index in [4.69, 9.17) is 17.3 Å². The molecule has 0 spiro atoms. The Hall–Kier alpha value is -2.96. The summed E-state index contributed by atoms with van der Waals surface area (Å²) in [5, 5.41) is 2.46. The van der Waals surface area contributed by atoms with E-state index < -0.39 is 5.56 Å². The number of benzene rings is 1. The fourth-order valence-corrected chi connectivity index (χ4v) is 3.84. The summed E-state index contributed by atoms with van der Waals surface area (Å²) in [6.07, 6.45) is 7.78. The lowest BCUT2D eigenvalue weighted by Gasteiger charge is -2.09. The molecule has 128 valence electrons. The van der Waals surface area contributed by atoms with Crippen LogP contribution in [0, 0.1) is 0 Å². The maximum Gasteiger partial charge on any atom is 0.283 e. The van der Waals surface area contributed by atoms with Gasteiger partial charge in [0.25, 0.3) is 5.56 Å². The molecule has 2 heterocycles. The van der Waals surface area contributed by atoms with E-state index in [-0.39, 0.29) is 17.2 Å². The number of aromatic nitrogens is 2. The second-order valence-corrected chi connectivity index (χ2v) is 6.89. The Labute approximate surface area is 157 Å². The normalized spacial score (nSPS) is 13.6. The minimum absolute atomic E-state index is 0.0979. The first kappa shape index (κ1) is 16.5. The van der Waals surface area contributed by atoms with E-state index in [9.17, 15) is 9.59 Å². The summed E-state index contributed by atoms with van der Waals surface area (Å²) in [5.74, 6) is 0.182. The van der Waals surface area contributed by atoms with E-state index in [0.717, 1.165) is 11.3 Å². The fourth-order valence-electron chi connectivity index (χ4n) is 2.72. The number of thiazole rings is 1. The van der Waals surface area contributed by atoms with Gasteiger partial charge in [0, 0.05) is 16.0 Å². The summed E-state index contributed by atoms with van der Waals surface area (Å²) in [6.45, 7) is 0. The first-order valence-electron chi connectivity index (χ1n) is 7.71. The zero-order valence-electron chi connectivity index (χ0n) is 13.3. The predicted molar refractivity (Wildman–Crippen MR) is 105 cm³/mol. The Morgan fingerprint density at radius 2 is 1.85 bits per heavy atom. The third kappa shape index (κ3) is 2.79. The second-order valence-electron chi connectivity index (χ2n) is 5.65. The predicted octanol–water partition coefficient (Wildman–Crippen LogP) is 3.74. The second kappa shape index (κ2) is 6.40. The number of ketones is 1. The number of hydrogen-bond acceptors (Lipinski definition) is 5. The van der Waals surface area contributed by atoms with E-state index in [0.29, 0.717) is 15.6 Å². The molecule has 0 atom stereocenters. The fraction of sp³-hybridized carbons (Fsp3) is 0. The molecule has 26 heavy (non-hydrogen) atoms. The summed E-state index contributed by atoms with van der Waals surface area (Å²) in [6, 6.07) is 7.41. The van der Waals surface area contributed by atoms with Crippen LogP contribution in [0.5, 0.6) is 0 Å². The number of hydrogen-bond donors (Lipinski definition) is 1. The molecule has 4 rings (SSSR count). The van der Waals surface area contributed by atoms with Crippen LogP contribution in [-0.2, 0) is 4.79 Å². The van der Waals surface area contributed by atoms with Crippen molar-refractivity contribution in [3.05, 3.63) is 80.5 Å². The van der Waals surface area contributed by atoms with Gasteiger partial charge in [-0.15, -0.1) is 11.3 Å². The van der Waals surface area contributed by atoms with Gasteiger partial charge in [-0.25, -0.2) is 0 Å². The highest BCUT2D eigenvalue weighted by molar-refractivity contribution is 7.15. The molecular formula is C19H12ClN3O2S. The van der Waals surface area contributed by atoms with Gasteiger partial charge in [0.15, 0.2) is 10.7 Å². The molecule has 0 saturated heterocycles. The van der Waals surface area contributed by atoms with Gasteiger partial charge < -0.3 is 5.73 Å². The molecule has 1 aliphatic carbocycles. The van der Waals surface area contributed by atoms with Crippen molar-refractivity contribution in [3.63, 3.8) is 0 Å². The van der Waals surface area contributed by atoms with Crippen LogP contribution in [0.15, 0.2) is 64.3 Å². The first-order valence-corrected chi connectivity index (χ1v) is 8.97. The highest BCUT2D eigenvalue weighted by Gasteiger charge is 2.16. The zero-order valence-corrected chi connectivity index (χ0v) is 14.9. The summed E-state index contributed by atoms with van der Waals surface area (Å²) in [4.78, 5) is 28.3. The van der Waals surface area contributed by atoms with Crippen LogP contribution in [0.4, 0.5) is 5.82 Å². The van der Waals surface area contributed by atoms with Gasteiger partial charge >= 0.3 is 0 Å². The molecule has 1 aliphatic rings. The van der Waals surface area contributed by atoms with Gasteiger partial charge in [0.2, 0.25) is 0 Å². The molecular weight excluding hydrogens is 370 g/mol. The van der Waals surface area contributed by atoms with Crippen molar-refractivity contribution in [2.45, 2.75) is 0 Å². The van der Waals surface area contributed by atoms with Crippen molar-refractivity contribution in [2.24, 2.45) is 0 Å². The monoisotopic (exact) mass is 381 g/mol. The number of allylic oxidation sites excluding steroid dienone is 5. The molecule has 5 nitrogen and oxygen atoms in total. The Bertz CT molecular complexity index is 1180. The van der Waals surface area contributed by atoms with Crippen LogP contribution in [0.1, 0.15) is 5.56 Å². The smallest absolute Gasteiger partial charge is 0.283 e. The van der Waals surface area contributed by atoms with Crippen molar-refractivity contribution in [3.8, 4) is 11.3 Å². The number of nitrogens with two attached hydrogens (primary N) is 1. The average molecular weight is 382 g/mol. The van der Waals surface area contributed by atoms with Crippen molar-refractivity contribution >= 4 is 45.6 Å². The number of nitrogen functional groups attached to an aromatic ring is 1. The molecule has 0 bridgehead atoms. The number of halogens is 1. The number of rotatable bonds is 2. The van der Waals surface area contributed by atoms with Crippen molar-refractivity contribution < 1.29 is 4.79 Å². The van der Waals surface area contributed by atoms with Crippen molar-refractivity contribution in [1.82, 2.24) is 9.38 Å². The van der Waals surface area contributed by atoms with Crippen molar-refractivity contribution in [1.29, 1.82) is 0 Å². The first-order chi connectivity index (χ1) is 12.5. The molecule has 1 aromatic carbocycles. The summed E-state index contributed by atoms with van der Waals surface area (Å²) < 4.78 is 1.72. The minimum atomic E-state index is -0.416.